The quantitative estimate of drug-likeness (QED) is 0.239. The first-order valence-corrected chi connectivity index (χ1v) is 11.1. The first-order valence-electron chi connectivity index (χ1n) is 9.22. The highest BCUT2D eigenvalue weighted by Gasteiger charge is 2.19. The van der Waals surface area contributed by atoms with Crippen LogP contribution in [0.2, 0.25) is 0 Å². The Morgan fingerprint density at radius 2 is 1.81 bits per heavy atom. The molecule has 1 fully saturated rings. The predicted octanol–water partition coefficient (Wildman–Crippen LogP) is 1.33. The van der Waals surface area contributed by atoms with E-state index in [2.05, 4.69) is 56.0 Å². The average molecular weight is 509 g/mol. The molecular weight excluding hydrogens is 477 g/mol. The van der Waals surface area contributed by atoms with E-state index >= 15 is 0 Å². The molecule has 0 atom stereocenters. The van der Waals surface area contributed by atoms with Gasteiger partial charge in [0, 0.05) is 52.4 Å². The van der Waals surface area contributed by atoms with Gasteiger partial charge in [-0.1, -0.05) is 30.3 Å². The molecule has 0 bridgehead atoms. The number of hydrogen-bond donors (Lipinski definition) is 2. The minimum atomic E-state index is -3.12. The Labute approximate surface area is 180 Å². The van der Waals surface area contributed by atoms with E-state index in [1.165, 1.54) is 11.8 Å². The van der Waals surface area contributed by atoms with Crippen LogP contribution in [-0.2, 0) is 16.6 Å². The molecule has 0 amide bonds. The van der Waals surface area contributed by atoms with Crippen LogP contribution in [-0.4, -0.2) is 76.2 Å². The minimum Gasteiger partial charge on any atom is -0.357 e. The summed E-state index contributed by atoms with van der Waals surface area (Å²) in [5, 5.41) is 3.34. The number of nitrogens with zero attached hydrogens (tertiary/aromatic N) is 3. The number of rotatable bonds is 8. The van der Waals surface area contributed by atoms with Crippen molar-refractivity contribution in [2.75, 3.05) is 52.1 Å². The van der Waals surface area contributed by atoms with Crippen molar-refractivity contribution in [2.45, 2.75) is 19.9 Å². The molecule has 2 N–H and O–H groups in total. The fourth-order valence-corrected chi connectivity index (χ4v) is 3.42. The molecule has 27 heavy (non-hydrogen) atoms. The van der Waals surface area contributed by atoms with Gasteiger partial charge in [0.1, 0.15) is 0 Å². The number of aliphatic imine (C=N–C) groups is 1. The van der Waals surface area contributed by atoms with Gasteiger partial charge in [0.2, 0.25) is 10.0 Å². The van der Waals surface area contributed by atoms with Gasteiger partial charge in [-0.05, 0) is 18.9 Å². The zero-order chi connectivity index (χ0) is 18.8. The fraction of sp³-hybridized carbons (Fsp3) is 0.611. The summed E-state index contributed by atoms with van der Waals surface area (Å²) >= 11 is 0. The van der Waals surface area contributed by atoms with Crippen LogP contribution < -0.4 is 10.0 Å². The number of sulfonamides is 1. The molecule has 0 spiro atoms. The molecule has 0 aliphatic carbocycles. The summed E-state index contributed by atoms with van der Waals surface area (Å²) in [5.74, 6) is 0.922. The molecule has 0 aromatic heterocycles. The van der Waals surface area contributed by atoms with Crippen LogP contribution in [0.5, 0.6) is 0 Å². The summed E-state index contributed by atoms with van der Waals surface area (Å²) in [6.07, 6.45) is 1.87. The lowest BCUT2D eigenvalue weighted by atomic mass is 10.2. The summed E-state index contributed by atoms with van der Waals surface area (Å²) in [7, 11) is -3.12. The van der Waals surface area contributed by atoms with Crippen LogP contribution in [0.1, 0.15) is 18.9 Å². The Morgan fingerprint density at radius 1 is 1.15 bits per heavy atom. The molecule has 2 rings (SSSR count). The Kier molecular flexibility index (Phi) is 11.2. The van der Waals surface area contributed by atoms with E-state index < -0.39 is 10.0 Å². The Bertz CT molecular complexity index is 662. The van der Waals surface area contributed by atoms with Gasteiger partial charge >= 0.3 is 0 Å². The van der Waals surface area contributed by atoms with E-state index in [4.69, 9.17) is 0 Å². The van der Waals surface area contributed by atoms with Crippen molar-refractivity contribution in [1.82, 2.24) is 19.8 Å². The van der Waals surface area contributed by atoms with E-state index in [0.717, 1.165) is 45.2 Å². The summed E-state index contributed by atoms with van der Waals surface area (Å²) in [5.41, 5.74) is 1.35. The summed E-state index contributed by atoms with van der Waals surface area (Å²) in [4.78, 5) is 9.39. The Hall–Kier alpha value is -0.910. The third-order valence-electron chi connectivity index (χ3n) is 4.22. The van der Waals surface area contributed by atoms with Crippen LogP contribution >= 0.6 is 24.0 Å². The normalized spacial score (nSPS) is 16.1. The second-order valence-electron chi connectivity index (χ2n) is 6.50. The number of guanidine groups is 1. The Balaban J connectivity index is 0.00000364. The van der Waals surface area contributed by atoms with E-state index in [1.807, 2.05) is 6.07 Å². The minimum absolute atomic E-state index is 0. The van der Waals surface area contributed by atoms with Crippen LogP contribution in [0.4, 0.5) is 0 Å². The summed E-state index contributed by atoms with van der Waals surface area (Å²) in [6, 6.07) is 10.6. The highest BCUT2D eigenvalue weighted by Crippen LogP contribution is 2.08. The van der Waals surface area contributed by atoms with Gasteiger partial charge in [-0.3, -0.25) is 9.89 Å². The summed E-state index contributed by atoms with van der Waals surface area (Å²) in [6.45, 7) is 8.81. The number of hydrogen-bond acceptors (Lipinski definition) is 4. The zero-order valence-corrected chi connectivity index (χ0v) is 19.4. The van der Waals surface area contributed by atoms with Crippen LogP contribution in [0.3, 0.4) is 0 Å². The highest BCUT2D eigenvalue weighted by atomic mass is 127. The largest absolute Gasteiger partial charge is 0.357 e. The van der Waals surface area contributed by atoms with Gasteiger partial charge in [-0.25, -0.2) is 13.1 Å². The Morgan fingerprint density at radius 3 is 2.41 bits per heavy atom. The van der Waals surface area contributed by atoms with Gasteiger partial charge in [-0.2, -0.15) is 0 Å². The van der Waals surface area contributed by atoms with Gasteiger partial charge in [0.25, 0.3) is 0 Å². The van der Waals surface area contributed by atoms with E-state index in [0.29, 0.717) is 19.5 Å². The SMILES string of the molecule is CCNC(=NCCCNS(C)(=O)=O)N1CCN(Cc2ccccc2)CC1.I. The van der Waals surface area contributed by atoms with E-state index in [1.54, 1.807) is 0 Å². The molecule has 1 aliphatic heterocycles. The average Bonchev–Trinajstić information content (AvgIpc) is 2.61. The first-order chi connectivity index (χ1) is 12.5. The van der Waals surface area contributed by atoms with Crippen molar-refractivity contribution in [1.29, 1.82) is 0 Å². The van der Waals surface area contributed by atoms with Crippen molar-refractivity contribution in [2.24, 2.45) is 4.99 Å². The van der Waals surface area contributed by atoms with Crippen molar-refractivity contribution >= 4 is 40.0 Å². The molecule has 7 nitrogen and oxygen atoms in total. The molecule has 0 radical (unpaired) electrons. The third kappa shape index (κ3) is 9.72. The third-order valence-corrected chi connectivity index (χ3v) is 4.94. The summed E-state index contributed by atoms with van der Waals surface area (Å²) < 4.78 is 24.6. The lowest BCUT2D eigenvalue weighted by molar-refractivity contribution is 0.172. The topological polar surface area (TPSA) is 77.0 Å². The molecule has 1 heterocycles. The molecule has 1 aliphatic rings. The van der Waals surface area contributed by atoms with Crippen molar-refractivity contribution in [3.05, 3.63) is 35.9 Å². The zero-order valence-electron chi connectivity index (χ0n) is 16.2. The number of halogens is 1. The number of benzene rings is 1. The lowest BCUT2D eigenvalue weighted by Crippen LogP contribution is -2.52. The maximum absolute atomic E-state index is 11.1. The van der Waals surface area contributed by atoms with E-state index in [-0.39, 0.29) is 24.0 Å². The second kappa shape index (κ2) is 12.5. The first kappa shape index (κ1) is 24.1. The second-order valence-corrected chi connectivity index (χ2v) is 8.34. The maximum Gasteiger partial charge on any atom is 0.208 e. The molecule has 1 aromatic carbocycles. The van der Waals surface area contributed by atoms with Crippen molar-refractivity contribution in [3.63, 3.8) is 0 Å². The molecule has 0 saturated carbocycles. The maximum atomic E-state index is 11.1. The van der Waals surface area contributed by atoms with Gasteiger partial charge in [0.05, 0.1) is 6.26 Å². The van der Waals surface area contributed by atoms with Crippen LogP contribution in [0.15, 0.2) is 35.3 Å². The van der Waals surface area contributed by atoms with E-state index in [9.17, 15) is 8.42 Å². The molecule has 1 aromatic rings. The predicted molar refractivity (Wildman–Crippen MR) is 122 cm³/mol. The van der Waals surface area contributed by atoms with Gasteiger partial charge < -0.3 is 10.2 Å². The fourth-order valence-electron chi connectivity index (χ4n) is 2.91. The highest BCUT2D eigenvalue weighted by molar-refractivity contribution is 14.0. The van der Waals surface area contributed by atoms with Gasteiger partial charge in [-0.15, -0.1) is 24.0 Å². The molecule has 154 valence electrons. The number of nitrogens with one attached hydrogen (secondary N) is 2. The molecule has 9 heteroatoms. The molecular formula is C18H32IN5O2S. The van der Waals surface area contributed by atoms with Crippen molar-refractivity contribution < 1.29 is 8.42 Å². The van der Waals surface area contributed by atoms with Crippen molar-refractivity contribution in [3.8, 4) is 0 Å². The smallest absolute Gasteiger partial charge is 0.208 e. The van der Waals surface area contributed by atoms with Crippen LogP contribution in [0, 0.1) is 0 Å². The monoisotopic (exact) mass is 509 g/mol. The molecule has 0 unspecified atom stereocenters. The molecule has 1 saturated heterocycles. The lowest BCUT2D eigenvalue weighted by Gasteiger charge is -2.36. The van der Waals surface area contributed by atoms with Gasteiger partial charge in [0.15, 0.2) is 5.96 Å². The van der Waals surface area contributed by atoms with Crippen LogP contribution in [0.25, 0.3) is 0 Å². The standard InChI is InChI=1S/C18H31N5O2S.HI/c1-3-19-18(20-10-7-11-21-26(2,24)25)23-14-12-22(13-15-23)16-17-8-5-4-6-9-17;/h4-6,8-9,21H,3,7,10-16H2,1-2H3,(H,19,20);1H. The number of piperazine rings is 1.